The Kier molecular flexibility index (Phi) is 4.11. The van der Waals surface area contributed by atoms with Gasteiger partial charge in [-0.25, -0.2) is 9.48 Å². The van der Waals surface area contributed by atoms with Crippen LogP contribution in [-0.4, -0.2) is 27.6 Å². The predicted molar refractivity (Wildman–Crippen MR) is 71.0 cm³/mol. The Bertz CT molecular complexity index is 670. The second kappa shape index (κ2) is 5.97. The molecule has 6 nitrogen and oxygen atoms in total. The average molecular weight is 270 g/mol. The summed E-state index contributed by atoms with van der Waals surface area (Å²) in [4.78, 5) is 11.7. The summed E-state index contributed by atoms with van der Waals surface area (Å²) in [7, 11) is 0. The molecule has 0 bridgehead atoms. The fourth-order valence-corrected chi connectivity index (χ4v) is 1.83. The van der Waals surface area contributed by atoms with Crippen LogP contribution < -0.4 is 0 Å². The zero-order valence-corrected chi connectivity index (χ0v) is 11.3. The van der Waals surface area contributed by atoms with Crippen molar-refractivity contribution in [3.63, 3.8) is 0 Å². The number of carbonyl (C=O) groups excluding carboxylic acids is 1. The highest BCUT2D eigenvalue weighted by molar-refractivity contribution is 5.88. The maximum atomic E-state index is 11.7. The molecule has 0 aliphatic carbocycles. The van der Waals surface area contributed by atoms with E-state index in [4.69, 9.17) is 10.00 Å². The highest BCUT2D eigenvalue weighted by atomic mass is 16.5. The standard InChI is InChI=1S/C14H14N4O2/c1-3-20-14(19)13-10(2)18(17-16-13)9-12-7-5-4-6-11(12)8-15/h4-7H,3,9H2,1-2H3. The maximum absolute atomic E-state index is 11.7. The van der Waals surface area contributed by atoms with E-state index in [1.807, 2.05) is 12.1 Å². The molecule has 0 radical (unpaired) electrons. The largest absolute Gasteiger partial charge is 0.461 e. The first-order valence-corrected chi connectivity index (χ1v) is 6.22. The Balaban J connectivity index is 2.27. The van der Waals surface area contributed by atoms with Gasteiger partial charge in [-0.05, 0) is 25.5 Å². The van der Waals surface area contributed by atoms with Crippen LogP contribution in [0.3, 0.4) is 0 Å². The molecule has 1 aromatic carbocycles. The molecule has 2 rings (SSSR count). The first-order valence-electron chi connectivity index (χ1n) is 6.22. The molecule has 0 unspecified atom stereocenters. The topological polar surface area (TPSA) is 80.8 Å². The van der Waals surface area contributed by atoms with Gasteiger partial charge < -0.3 is 4.74 Å². The summed E-state index contributed by atoms with van der Waals surface area (Å²) in [5.41, 5.74) is 2.25. The summed E-state index contributed by atoms with van der Waals surface area (Å²) in [6.45, 7) is 4.17. The van der Waals surface area contributed by atoms with Crippen molar-refractivity contribution in [1.29, 1.82) is 5.26 Å². The van der Waals surface area contributed by atoms with Crippen molar-refractivity contribution in [2.45, 2.75) is 20.4 Å². The van der Waals surface area contributed by atoms with Gasteiger partial charge in [-0.2, -0.15) is 5.26 Å². The van der Waals surface area contributed by atoms with Gasteiger partial charge in [-0.1, -0.05) is 23.4 Å². The second-order valence-corrected chi connectivity index (χ2v) is 4.17. The molecule has 0 amide bonds. The quantitative estimate of drug-likeness (QED) is 0.789. The van der Waals surface area contributed by atoms with Crippen LogP contribution in [0.4, 0.5) is 0 Å². The summed E-state index contributed by atoms with van der Waals surface area (Å²) in [5, 5.41) is 16.8. The van der Waals surface area contributed by atoms with Gasteiger partial charge in [0, 0.05) is 0 Å². The molecule has 1 heterocycles. The normalized spacial score (nSPS) is 10.1. The van der Waals surface area contributed by atoms with Crippen molar-refractivity contribution in [1.82, 2.24) is 15.0 Å². The minimum Gasteiger partial charge on any atom is -0.461 e. The van der Waals surface area contributed by atoms with Gasteiger partial charge >= 0.3 is 5.97 Å². The van der Waals surface area contributed by atoms with Crippen LogP contribution in [0, 0.1) is 18.3 Å². The number of carbonyl (C=O) groups is 1. The molecule has 102 valence electrons. The summed E-state index contributed by atoms with van der Waals surface area (Å²) in [6, 6.07) is 9.39. The van der Waals surface area contributed by atoms with Crippen LogP contribution in [0.2, 0.25) is 0 Å². The van der Waals surface area contributed by atoms with Crippen molar-refractivity contribution >= 4 is 5.97 Å². The lowest BCUT2D eigenvalue weighted by atomic mass is 10.1. The predicted octanol–water partition coefficient (Wildman–Crippen LogP) is 1.68. The molecule has 1 aromatic heterocycles. The van der Waals surface area contributed by atoms with Gasteiger partial charge in [0.25, 0.3) is 0 Å². The van der Waals surface area contributed by atoms with Crippen molar-refractivity contribution < 1.29 is 9.53 Å². The van der Waals surface area contributed by atoms with Crippen molar-refractivity contribution in [3.8, 4) is 6.07 Å². The Labute approximate surface area is 116 Å². The van der Waals surface area contributed by atoms with E-state index in [0.29, 0.717) is 24.4 Å². The van der Waals surface area contributed by atoms with E-state index >= 15 is 0 Å². The van der Waals surface area contributed by atoms with E-state index in [2.05, 4.69) is 16.4 Å². The Hall–Kier alpha value is -2.68. The number of aromatic nitrogens is 3. The summed E-state index contributed by atoms with van der Waals surface area (Å²) < 4.78 is 6.50. The number of benzene rings is 1. The highest BCUT2D eigenvalue weighted by Gasteiger charge is 2.17. The minimum absolute atomic E-state index is 0.210. The Morgan fingerprint density at radius 2 is 2.20 bits per heavy atom. The number of ether oxygens (including phenoxy) is 1. The third-order valence-corrected chi connectivity index (χ3v) is 2.91. The van der Waals surface area contributed by atoms with E-state index < -0.39 is 5.97 Å². The lowest BCUT2D eigenvalue weighted by Gasteiger charge is -2.05. The molecule has 0 aliphatic heterocycles. The Morgan fingerprint density at radius 3 is 2.90 bits per heavy atom. The minimum atomic E-state index is -0.482. The van der Waals surface area contributed by atoms with Crippen LogP contribution in [0.1, 0.15) is 34.2 Å². The van der Waals surface area contributed by atoms with Gasteiger partial charge in [-0.3, -0.25) is 0 Å². The average Bonchev–Trinajstić information content (AvgIpc) is 2.81. The van der Waals surface area contributed by atoms with E-state index in [1.54, 1.807) is 30.7 Å². The van der Waals surface area contributed by atoms with Crippen LogP contribution in [-0.2, 0) is 11.3 Å². The van der Waals surface area contributed by atoms with E-state index in [-0.39, 0.29) is 5.69 Å². The fraction of sp³-hybridized carbons (Fsp3) is 0.286. The van der Waals surface area contributed by atoms with Gasteiger partial charge in [0.05, 0.1) is 30.5 Å². The molecule has 0 atom stereocenters. The number of rotatable bonds is 4. The van der Waals surface area contributed by atoms with Crippen LogP contribution in [0.15, 0.2) is 24.3 Å². The second-order valence-electron chi connectivity index (χ2n) is 4.17. The molecule has 2 aromatic rings. The molecular weight excluding hydrogens is 256 g/mol. The van der Waals surface area contributed by atoms with E-state index in [1.165, 1.54) is 0 Å². The number of nitrogens with zero attached hydrogens (tertiary/aromatic N) is 4. The molecule has 0 aliphatic rings. The van der Waals surface area contributed by atoms with Gasteiger partial charge in [0.15, 0.2) is 5.69 Å². The van der Waals surface area contributed by atoms with Gasteiger partial charge in [-0.15, -0.1) is 5.10 Å². The van der Waals surface area contributed by atoms with Crippen LogP contribution >= 0.6 is 0 Å². The highest BCUT2D eigenvalue weighted by Crippen LogP contribution is 2.12. The van der Waals surface area contributed by atoms with Gasteiger partial charge in [0.2, 0.25) is 0 Å². The molecule has 0 saturated heterocycles. The monoisotopic (exact) mass is 270 g/mol. The van der Waals surface area contributed by atoms with E-state index in [9.17, 15) is 4.79 Å². The number of hydrogen-bond donors (Lipinski definition) is 0. The maximum Gasteiger partial charge on any atom is 0.360 e. The number of esters is 1. The van der Waals surface area contributed by atoms with Crippen LogP contribution in [0.5, 0.6) is 0 Å². The number of hydrogen-bond acceptors (Lipinski definition) is 5. The smallest absolute Gasteiger partial charge is 0.360 e. The molecule has 0 saturated carbocycles. The SMILES string of the molecule is CCOC(=O)c1nnn(Cc2ccccc2C#N)c1C. The molecule has 0 spiro atoms. The zero-order valence-electron chi connectivity index (χ0n) is 11.3. The summed E-state index contributed by atoms with van der Waals surface area (Å²) >= 11 is 0. The van der Waals surface area contributed by atoms with Crippen LogP contribution in [0.25, 0.3) is 0 Å². The first-order chi connectivity index (χ1) is 9.67. The zero-order chi connectivity index (χ0) is 14.5. The number of nitriles is 1. The molecule has 0 N–H and O–H groups in total. The fourth-order valence-electron chi connectivity index (χ4n) is 1.83. The first kappa shape index (κ1) is 13.7. The third kappa shape index (κ3) is 2.67. The molecule has 0 fully saturated rings. The molecule has 20 heavy (non-hydrogen) atoms. The molecule has 6 heteroatoms. The summed E-state index contributed by atoms with van der Waals surface area (Å²) in [6.07, 6.45) is 0. The van der Waals surface area contributed by atoms with Crippen molar-refractivity contribution in [3.05, 3.63) is 46.8 Å². The lowest BCUT2D eigenvalue weighted by Crippen LogP contribution is -2.09. The van der Waals surface area contributed by atoms with E-state index in [0.717, 1.165) is 5.56 Å². The lowest BCUT2D eigenvalue weighted by molar-refractivity contribution is 0.0518. The third-order valence-electron chi connectivity index (χ3n) is 2.91. The Morgan fingerprint density at radius 1 is 1.45 bits per heavy atom. The van der Waals surface area contributed by atoms with Crippen molar-refractivity contribution in [2.75, 3.05) is 6.61 Å². The summed E-state index contributed by atoms with van der Waals surface area (Å²) in [5.74, 6) is -0.482. The molecular formula is C14H14N4O2. The van der Waals surface area contributed by atoms with Gasteiger partial charge in [0.1, 0.15) is 0 Å². The van der Waals surface area contributed by atoms with Crippen molar-refractivity contribution in [2.24, 2.45) is 0 Å².